The summed E-state index contributed by atoms with van der Waals surface area (Å²) < 4.78 is 30.8. The molecule has 0 saturated carbocycles. The number of H-pyrrole nitrogens is 1. The number of ether oxygens (including phenoxy) is 1. The van der Waals surface area contributed by atoms with Crippen LogP contribution in [0.2, 0.25) is 0 Å². The molecule has 0 aliphatic carbocycles. The van der Waals surface area contributed by atoms with E-state index in [-0.39, 0.29) is 0 Å². The predicted octanol–water partition coefficient (Wildman–Crippen LogP) is 1.54. The van der Waals surface area contributed by atoms with Gasteiger partial charge in [-0.3, -0.25) is 4.90 Å². The number of nitrogens with one attached hydrogen (secondary N) is 1. The van der Waals surface area contributed by atoms with Crippen LogP contribution in [0.1, 0.15) is 4.88 Å². The molecule has 13 heteroatoms. The van der Waals surface area contributed by atoms with Crippen molar-refractivity contribution in [1.29, 1.82) is 0 Å². The lowest BCUT2D eigenvalue weighted by atomic mass is 10.2. The number of anilines is 1. The van der Waals surface area contributed by atoms with E-state index in [0.29, 0.717) is 56.7 Å². The summed E-state index contributed by atoms with van der Waals surface area (Å²) in [6.07, 6.45) is 2.99. The zero-order chi connectivity index (χ0) is 24.0. The van der Waals surface area contributed by atoms with Crippen molar-refractivity contribution >= 4 is 48.6 Å². The largest absolute Gasteiger partial charge is 0.378 e. The average molecular weight is 515 g/mol. The number of thiophene rings is 1. The Balaban J connectivity index is 1.33. The summed E-state index contributed by atoms with van der Waals surface area (Å²) in [5, 5.41) is 1.03. The van der Waals surface area contributed by atoms with E-state index < -0.39 is 10.0 Å². The summed E-state index contributed by atoms with van der Waals surface area (Å²) in [4.78, 5) is 28.7. The van der Waals surface area contributed by atoms with Crippen molar-refractivity contribution in [2.24, 2.45) is 0 Å². The molecule has 6 heterocycles. The normalized spacial score (nSPS) is 18.6. The molecule has 2 aliphatic rings. The number of pyridine rings is 1. The number of aromatic amines is 1. The molecule has 4 aromatic rings. The first-order valence-electron chi connectivity index (χ1n) is 11.6. The first-order chi connectivity index (χ1) is 16.9. The predicted molar refractivity (Wildman–Crippen MR) is 135 cm³/mol. The van der Waals surface area contributed by atoms with Crippen molar-refractivity contribution in [1.82, 2.24) is 34.1 Å². The highest BCUT2D eigenvalue weighted by Gasteiger charge is 2.25. The second-order valence-corrected chi connectivity index (χ2v) is 11.9. The van der Waals surface area contributed by atoms with Crippen LogP contribution >= 0.6 is 11.3 Å². The van der Waals surface area contributed by atoms with Crippen molar-refractivity contribution in [3.8, 4) is 11.6 Å². The minimum absolute atomic E-state index is 0.521. The smallest absolute Gasteiger partial charge is 0.211 e. The van der Waals surface area contributed by atoms with Gasteiger partial charge in [0.15, 0.2) is 17.3 Å². The van der Waals surface area contributed by atoms with Gasteiger partial charge in [-0.05, 0) is 18.2 Å². The summed E-state index contributed by atoms with van der Waals surface area (Å²) in [5.41, 5.74) is 1.48. The molecule has 2 aliphatic heterocycles. The van der Waals surface area contributed by atoms with E-state index in [1.165, 1.54) is 11.1 Å². The third-order valence-electron chi connectivity index (χ3n) is 6.38. The van der Waals surface area contributed by atoms with E-state index in [1.807, 2.05) is 12.1 Å². The first kappa shape index (κ1) is 22.7. The molecule has 0 spiro atoms. The van der Waals surface area contributed by atoms with E-state index >= 15 is 0 Å². The molecule has 4 aromatic heterocycles. The topological polar surface area (TPSA) is 120 Å². The van der Waals surface area contributed by atoms with Gasteiger partial charge < -0.3 is 14.6 Å². The lowest BCUT2D eigenvalue weighted by Gasteiger charge is -2.32. The molecule has 0 amide bonds. The van der Waals surface area contributed by atoms with Gasteiger partial charge in [0.05, 0.1) is 30.4 Å². The molecule has 11 nitrogen and oxygen atoms in total. The molecule has 184 valence electrons. The van der Waals surface area contributed by atoms with Crippen molar-refractivity contribution in [3.63, 3.8) is 0 Å². The molecule has 2 saturated heterocycles. The number of fused-ring (bicyclic) bond motifs is 2. The third-order valence-corrected chi connectivity index (χ3v) is 8.70. The Morgan fingerprint density at radius 2 is 1.89 bits per heavy atom. The van der Waals surface area contributed by atoms with Crippen LogP contribution in [0.4, 0.5) is 5.82 Å². The highest BCUT2D eigenvalue weighted by atomic mass is 32.2. The fraction of sp³-hybridized carbons (Fsp3) is 0.455. The lowest BCUT2D eigenvalue weighted by Crippen LogP contribution is -2.47. The molecule has 0 unspecified atom stereocenters. The van der Waals surface area contributed by atoms with Crippen LogP contribution < -0.4 is 4.90 Å². The standard InChI is InChI=1S/C22H26N8O3S2/c1-35(31,32)30-7-5-28(6-8-30)14-15-13-16-21(29-9-11-33-12-10-29)26-20(27-22(16)34-15)19-24-17-3-2-4-23-18(17)25-19/h2-4,13H,5-12,14H2,1H3,(H,23,24,25). The highest BCUT2D eigenvalue weighted by molar-refractivity contribution is 7.88. The average Bonchev–Trinajstić information content (AvgIpc) is 3.47. The number of morpholine rings is 1. The van der Waals surface area contributed by atoms with E-state index in [1.54, 1.807) is 21.8 Å². The van der Waals surface area contributed by atoms with Gasteiger partial charge in [0, 0.05) is 56.9 Å². The quantitative estimate of drug-likeness (QED) is 0.423. The van der Waals surface area contributed by atoms with Gasteiger partial charge in [0.1, 0.15) is 10.6 Å². The number of imidazole rings is 1. The number of piperazine rings is 1. The number of aromatic nitrogens is 5. The lowest BCUT2D eigenvalue weighted by molar-refractivity contribution is 0.122. The Bertz CT molecular complexity index is 1440. The van der Waals surface area contributed by atoms with Crippen LogP contribution in [0, 0.1) is 0 Å². The molecule has 35 heavy (non-hydrogen) atoms. The third kappa shape index (κ3) is 4.61. The van der Waals surface area contributed by atoms with Crippen molar-refractivity contribution in [2.75, 3.05) is 63.6 Å². The number of hydrogen-bond acceptors (Lipinski definition) is 10. The van der Waals surface area contributed by atoms with Gasteiger partial charge in [-0.25, -0.2) is 28.4 Å². The number of rotatable bonds is 5. The van der Waals surface area contributed by atoms with E-state index in [2.05, 4.69) is 30.8 Å². The number of nitrogens with zero attached hydrogens (tertiary/aromatic N) is 7. The second-order valence-electron chi connectivity index (χ2n) is 8.80. The maximum atomic E-state index is 11.8. The second kappa shape index (κ2) is 9.06. The van der Waals surface area contributed by atoms with Crippen LogP contribution in [0.15, 0.2) is 24.4 Å². The molecule has 1 N–H and O–H groups in total. The van der Waals surface area contributed by atoms with Crippen LogP contribution in [0.5, 0.6) is 0 Å². The first-order valence-corrected chi connectivity index (χ1v) is 14.2. The Morgan fingerprint density at radius 1 is 1.09 bits per heavy atom. The Labute approximate surface area is 206 Å². The van der Waals surface area contributed by atoms with E-state index in [0.717, 1.165) is 41.2 Å². The maximum absolute atomic E-state index is 11.8. The van der Waals surface area contributed by atoms with Crippen LogP contribution in [0.3, 0.4) is 0 Å². The minimum atomic E-state index is -3.14. The summed E-state index contributed by atoms with van der Waals surface area (Å²) >= 11 is 1.65. The van der Waals surface area contributed by atoms with E-state index in [9.17, 15) is 8.42 Å². The monoisotopic (exact) mass is 514 g/mol. The van der Waals surface area contributed by atoms with Crippen molar-refractivity contribution < 1.29 is 13.2 Å². The maximum Gasteiger partial charge on any atom is 0.211 e. The van der Waals surface area contributed by atoms with Gasteiger partial charge in [-0.1, -0.05) is 0 Å². The van der Waals surface area contributed by atoms with Gasteiger partial charge in [0.25, 0.3) is 0 Å². The Morgan fingerprint density at radius 3 is 2.63 bits per heavy atom. The summed E-state index contributed by atoms with van der Waals surface area (Å²) in [6, 6.07) is 5.99. The summed E-state index contributed by atoms with van der Waals surface area (Å²) in [5.74, 6) is 2.04. The zero-order valence-electron chi connectivity index (χ0n) is 19.3. The van der Waals surface area contributed by atoms with Gasteiger partial charge in [-0.2, -0.15) is 4.31 Å². The molecule has 0 bridgehead atoms. The zero-order valence-corrected chi connectivity index (χ0v) is 21.0. The fourth-order valence-corrected chi connectivity index (χ4v) is 6.44. The molecule has 0 radical (unpaired) electrons. The molecular weight excluding hydrogens is 488 g/mol. The number of sulfonamides is 1. The Kier molecular flexibility index (Phi) is 5.89. The fourth-order valence-electron chi connectivity index (χ4n) is 4.55. The van der Waals surface area contributed by atoms with Crippen LogP contribution in [-0.2, 0) is 21.3 Å². The molecule has 0 aromatic carbocycles. The van der Waals surface area contributed by atoms with E-state index in [4.69, 9.17) is 14.7 Å². The van der Waals surface area contributed by atoms with Crippen molar-refractivity contribution in [2.45, 2.75) is 6.54 Å². The van der Waals surface area contributed by atoms with Crippen LogP contribution in [0.25, 0.3) is 33.0 Å². The molecule has 2 fully saturated rings. The molecular formula is C22H26N8O3S2. The summed E-state index contributed by atoms with van der Waals surface area (Å²) in [7, 11) is -3.14. The highest BCUT2D eigenvalue weighted by Crippen LogP contribution is 2.34. The Hall–Kier alpha value is -2.71. The van der Waals surface area contributed by atoms with Gasteiger partial charge in [0.2, 0.25) is 10.0 Å². The molecule has 6 rings (SSSR count). The van der Waals surface area contributed by atoms with Gasteiger partial charge >= 0.3 is 0 Å². The van der Waals surface area contributed by atoms with Crippen LogP contribution in [-0.4, -0.2) is 101 Å². The van der Waals surface area contributed by atoms with Crippen molar-refractivity contribution in [3.05, 3.63) is 29.3 Å². The number of hydrogen-bond donors (Lipinski definition) is 1. The summed E-state index contributed by atoms with van der Waals surface area (Å²) in [6.45, 7) is 6.08. The minimum Gasteiger partial charge on any atom is -0.378 e. The van der Waals surface area contributed by atoms with Gasteiger partial charge in [-0.15, -0.1) is 11.3 Å². The molecule has 0 atom stereocenters. The SMILES string of the molecule is CS(=O)(=O)N1CCN(Cc2cc3c(N4CCOCC4)nc(-c4nc5ncccc5[nH]4)nc3s2)CC1.